The fraction of sp³-hybridized carbons (Fsp3) is 0.556. The van der Waals surface area contributed by atoms with Gasteiger partial charge in [-0.25, -0.2) is 0 Å². The topological polar surface area (TPSA) is 136 Å². The third kappa shape index (κ3) is 8.20. The van der Waals surface area contributed by atoms with Crippen LogP contribution >= 0.6 is 0 Å². The van der Waals surface area contributed by atoms with E-state index in [-0.39, 0.29) is 30.4 Å². The summed E-state index contributed by atoms with van der Waals surface area (Å²) in [6.07, 6.45) is -3.94. The lowest BCUT2D eigenvalue weighted by Crippen LogP contribution is -2.53. The molecule has 0 saturated carbocycles. The number of nitriles is 1. The Kier molecular flexibility index (Phi) is 9.97. The van der Waals surface area contributed by atoms with E-state index in [9.17, 15) is 32.8 Å². The highest BCUT2D eigenvalue weighted by Gasteiger charge is 2.36. The molecule has 1 aromatic carbocycles. The summed E-state index contributed by atoms with van der Waals surface area (Å²) >= 11 is 0. The SMILES string of the molecule is COc1cccc2[nH]c(C(=O)CC(CC(C)C)C(=O)NC(CC3CCNC3=O)C(C#N)NCC(F)(F)F)cc12. The fourth-order valence-electron chi connectivity index (χ4n) is 4.90. The van der Waals surface area contributed by atoms with Crippen molar-refractivity contribution < 1.29 is 32.3 Å². The second kappa shape index (κ2) is 13.0. The van der Waals surface area contributed by atoms with E-state index >= 15 is 0 Å². The first-order valence-electron chi connectivity index (χ1n) is 12.9. The lowest BCUT2D eigenvalue weighted by Gasteiger charge is -2.28. The Morgan fingerprint density at radius 3 is 2.62 bits per heavy atom. The summed E-state index contributed by atoms with van der Waals surface area (Å²) in [5, 5.41) is 17.9. The van der Waals surface area contributed by atoms with Crippen LogP contribution < -0.4 is 20.7 Å². The minimum atomic E-state index is -4.57. The maximum atomic E-state index is 13.5. The number of halogens is 3. The van der Waals surface area contributed by atoms with E-state index in [0.29, 0.717) is 36.3 Å². The molecule has 1 saturated heterocycles. The highest BCUT2D eigenvalue weighted by atomic mass is 19.4. The highest BCUT2D eigenvalue weighted by Crippen LogP contribution is 2.28. The number of Topliss-reactive ketones (excluding diaryl/α,β-unsaturated/α-hetero) is 1. The Hall–Kier alpha value is -3.59. The van der Waals surface area contributed by atoms with Gasteiger partial charge in [0.15, 0.2) is 5.78 Å². The Labute approximate surface area is 224 Å². The lowest BCUT2D eigenvalue weighted by atomic mass is 9.89. The zero-order chi connectivity index (χ0) is 28.7. The number of H-pyrrole nitrogens is 1. The zero-order valence-corrected chi connectivity index (χ0v) is 22.2. The van der Waals surface area contributed by atoms with Crippen molar-refractivity contribution in [1.82, 2.24) is 20.9 Å². The molecule has 0 bridgehead atoms. The first kappa shape index (κ1) is 30.0. The smallest absolute Gasteiger partial charge is 0.401 e. The number of ether oxygens (including phenoxy) is 1. The van der Waals surface area contributed by atoms with Crippen LogP contribution in [0.3, 0.4) is 0 Å². The van der Waals surface area contributed by atoms with Crippen LogP contribution in [0.2, 0.25) is 0 Å². The van der Waals surface area contributed by atoms with Crippen LogP contribution in [0.25, 0.3) is 10.9 Å². The number of carbonyl (C=O) groups is 3. The van der Waals surface area contributed by atoms with Gasteiger partial charge in [-0.05, 0) is 43.4 Å². The highest BCUT2D eigenvalue weighted by molar-refractivity contribution is 6.02. The minimum absolute atomic E-state index is 0.00911. The van der Waals surface area contributed by atoms with Crippen molar-refractivity contribution in [2.24, 2.45) is 17.8 Å². The first-order chi connectivity index (χ1) is 18.4. The molecule has 3 rings (SSSR count). The largest absolute Gasteiger partial charge is 0.496 e. The Morgan fingerprint density at radius 1 is 1.28 bits per heavy atom. The minimum Gasteiger partial charge on any atom is -0.496 e. The molecule has 4 atom stereocenters. The summed E-state index contributed by atoms with van der Waals surface area (Å²) in [5.74, 6) is -1.86. The molecule has 39 heavy (non-hydrogen) atoms. The summed E-state index contributed by atoms with van der Waals surface area (Å²) in [7, 11) is 1.52. The molecule has 1 aliphatic rings. The third-order valence-corrected chi connectivity index (χ3v) is 6.80. The molecular formula is C27H34F3N5O4. The maximum absolute atomic E-state index is 13.5. The van der Waals surface area contributed by atoms with Gasteiger partial charge in [0.05, 0.1) is 31.5 Å². The molecule has 1 fully saturated rings. The second-order valence-electron chi connectivity index (χ2n) is 10.3. The number of alkyl halides is 3. The number of fused-ring (bicyclic) bond motifs is 1. The molecular weight excluding hydrogens is 515 g/mol. The average Bonchev–Trinajstić information content (AvgIpc) is 3.48. The normalized spacial score (nSPS) is 17.9. The summed E-state index contributed by atoms with van der Waals surface area (Å²) in [6, 6.07) is 6.35. The van der Waals surface area contributed by atoms with E-state index in [1.165, 1.54) is 7.11 Å². The van der Waals surface area contributed by atoms with Crippen LogP contribution in [-0.4, -0.2) is 61.0 Å². The van der Waals surface area contributed by atoms with Gasteiger partial charge in [0.25, 0.3) is 0 Å². The molecule has 2 aromatic rings. The van der Waals surface area contributed by atoms with Gasteiger partial charge in [0.2, 0.25) is 11.8 Å². The number of nitrogens with zero attached hydrogens (tertiary/aromatic N) is 1. The van der Waals surface area contributed by atoms with Crippen LogP contribution in [0.1, 0.15) is 50.0 Å². The molecule has 2 amide bonds. The van der Waals surface area contributed by atoms with Crippen LogP contribution in [0.5, 0.6) is 5.75 Å². The van der Waals surface area contributed by atoms with Gasteiger partial charge >= 0.3 is 6.18 Å². The van der Waals surface area contributed by atoms with E-state index in [1.54, 1.807) is 30.3 Å². The number of benzene rings is 1. The van der Waals surface area contributed by atoms with E-state index in [4.69, 9.17) is 4.74 Å². The number of nitrogens with one attached hydrogen (secondary N) is 4. The predicted molar refractivity (Wildman–Crippen MR) is 138 cm³/mol. The first-order valence-corrected chi connectivity index (χ1v) is 12.9. The number of aromatic amines is 1. The quantitative estimate of drug-likeness (QED) is 0.283. The molecule has 1 aromatic heterocycles. The summed E-state index contributed by atoms with van der Waals surface area (Å²) < 4.78 is 44.0. The molecule has 2 heterocycles. The van der Waals surface area contributed by atoms with Gasteiger partial charge in [0.1, 0.15) is 11.8 Å². The molecule has 0 spiro atoms. The van der Waals surface area contributed by atoms with Gasteiger partial charge in [0, 0.05) is 35.7 Å². The van der Waals surface area contributed by atoms with Crippen molar-refractivity contribution >= 4 is 28.5 Å². The van der Waals surface area contributed by atoms with Crippen molar-refractivity contribution in [2.45, 2.75) is 57.8 Å². The van der Waals surface area contributed by atoms with Crippen LogP contribution in [0.15, 0.2) is 24.3 Å². The number of carbonyl (C=O) groups excluding carboxylic acids is 3. The molecule has 1 aliphatic heterocycles. The lowest BCUT2D eigenvalue weighted by molar-refractivity contribution is -0.129. The van der Waals surface area contributed by atoms with Gasteiger partial charge in [-0.1, -0.05) is 19.9 Å². The number of aromatic nitrogens is 1. The number of amides is 2. The third-order valence-electron chi connectivity index (χ3n) is 6.80. The van der Waals surface area contributed by atoms with E-state index in [0.717, 1.165) is 5.39 Å². The fourth-order valence-corrected chi connectivity index (χ4v) is 4.90. The van der Waals surface area contributed by atoms with E-state index in [1.807, 2.05) is 13.8 Å². The summed E-state index contributed by atoms with van der Waals surface area (Å²) in [5.41, 5.74) is 1.00. The van der Waals surface area contributed by atoms with Crippen molar-refractivity contribution in [1.29, 1.82) is 5.26 Å². The molecule has 9 nitrogen and oxygen atoms in total. The number of hydrogen-bond acceptors (Lipinski definition) is 6. The van der Waals surface area contributed by atoms with Gasteiger partial charge in [-0.3, -0.25) is 19.7 Å². The average molecular weight is 550 g/mol. The van der Waals surface area contributed by atoms with Gasteiger partial charge < -0.3 is 20.4 Å². The number of hydrogen-bond donors (Lipinski definition) is 4. The Balaban J connectivity index is 1.80. The molecule has 12 heteroatoms. The molecule has 4 N–H and O–H groups in total. The number of rotatable bonds is 13. The van der Waals surface area contributed by atoms with Gasteiger partial charge in [-0.2, -0.15) is 18.4 Å². The zero-order valence-electron chi connectivity index (χ0n) is 22.2. The van der Waals surface area contributed by atoms with Crippen LogP contribution in [0.4, 0.5) is 13.2 Å². The Bertz CT molecular complexity index is 1220. The molecule has 0 radical (unpaired) electrons. The van der Waals surface area contributed by atoms with Crippen LogP contribution in [-0.2, 0) is 9.59 Å². The molecule has 212 valence electrons. The Morgan fingerprint density at radius 2 is 2.03 bits per heavy atom. The second-order valence-corrected chi connectivity index (χ2v) is 10.3. The standard InChI is InChI=1S/C27H34F3N5O4/c1-15(2)9-17(11-23(36)21-12-18-19(34-21)5-4-6-24(18)39-3)26(38)35-20(10-16-7-8-32-25(16)37)22(13-31)33-14-27(28,29)30/h4-6,12,15-17,20,22,33-34H,7-11,14H2,1-3H3,(H,32,37)(H,35,38). The van der Waals surface area contributed by atoms with Crippen LogP contribution in [0, 0.1) is 29.1 Å². The van der Waals surface area contributed by atoms with Crippen molar-refractivity contribution in [2.75, 3.05) is 20.2 Å². The number of ketones is 1. The monoisotopic (exact) mass is 549 g/mol. The number of methoxy groups -OCH3 is 1. The maximum Gasteiger partial charge on any atom is 0.401 e. The van der Waals surface area contributed by atoms with E-state index < -0.39 is 42.5 Å². The molecule has 4 unspecified atom stereocenters. The van der Waals surface area contributed by atoms with Crippen molar-refractivity contribution in [3.63, 3.8) is 0 Å². The summed E-state index contributed by atoms with van der Waals surface area (Å²) in [6.45, 7) is 2.77. The summed E-state index contributed by atoms with van der Waals surface area (Å²) in [4.78, 5) is 41.9. The molecule has 0 aliphatic carbocycles. The van der Waals surface area contributed by atoms with Crippen molar-refractivity contribution in [3.8, 4) is 11.8 Å². The predicted octanol–water partition coefficient (Wildman–Crippen LogP) is 3.47. The van der Waals surface area contributed by atoms with Crippen molar-refractivity contribution in [3.05, 3.63) is 30.0 Å². The van der Waals surface area contributed by atoms with E-state index in [2.05, 4.69) is 20.9 Å². The van der Waals surface area contributed by atoms with Gasteiger partial charge in [-0.15, -0.1) is 0 Å².